The third kappa shape index (κ3) is 7.44. The smallest absolute Gasteiger partial charge is 0.201 e. The quantitative estimate of drug-likeness (QED) is 0.284. The molecule has 0 bridgehead atoms. The van der Waals surface area contributed by atoms with Crippen molar-refractivity contribution in [2.45, 2.75) is 60.8 Å². The van der Waals surface area contributed by atoms with E-state index in [9.17, 15) is 20.1 Å². The normalized spacial score (nSPS) is 9.45. The molecule has 29 heavy (non-hydrogen) atoms. The predicted octanol–water partition coefficient (Wildman–Crippen LogP) is 5.20. The Bertz CT molecular complexity index is 785. The zero-order valence-corrected chi connectivity index (χ0v) is 15.4. The van der Waals surface area contributed by atoms with E-state index in [4.69, 9.17) is 15.3 Å². The molecule has 0 heterocycles. The monoisotopic (exact) mass is 410 g/mol. The van der Waals surface area contributed by atoms with Crippen molar-refractivity contribution in [3.8, 4) is 34.5 Å². The van der Waals surface area contributed by atoms with Gasteiger partial charge in [-0.1, -0.05) is 41.2 Å². The van der Waals surface area contributed by atoms with E-state index < -0.39 is 23.0 Å². The van der Waals surface area contributed by atoms with Crippen LogP contribution in [0.1, 0.15) is 70.3 Å². The van der Waals surface area contributed by atoms with E-state index in [1.54, 1.807) is 6.07 Å². The molecule has 0 atom stereocenters. The lowest BCUT2D eigenvalue weighted by atomic mass is 10.1. The fourth-order valence-corrected chi connectivity index (χ4v) is 2.34. The Morgan fingerprint density at radius 1 is 0.724 bits per heavy atom. The van der Waals surface area contributed by atoms with E-state index >= 15 is 0 Å². The number of benzene rings is 2. The van der Waals surface area contributed by atoms with E-state index in [2.05, 4.69) is 6.92 Å². The van der Waals surface area contributed by atoms with Crippen LogP contribution in [-0.4, -0.2) is 36.4 Å². The summed E-state index contributed by atoms with van der Waals surface area (Å²) in [6, 6.07) is 5.49. The summed E-state index contributed by atoms with van der Waals surface area (Å²) in [5, 5.41) is 55.1. The first-order valence-electron chi connectivity index (χ1n) is 8.74. The van der Waals surface area contributed by atoms with Crippen molar-refractivity contribution < 1.29 is 35.4 Å². The van der Waals surface area contributed by atoms with Gasteiger partial charge in [0.25, 0.3) is 0 Å². The van der Waals surface area contributed by atoms with Gasteiger partial charge in [-0.15, -0.1) is 0 Å². The number of ketones is 1. The predicted molar refractivity (Wildman–Crippen MR) is 114 cm³/mol. The molecule has 6 N–H and O–H groups in total. The van der Waals surface area contributed by atoms with Crippen LogP contribution in [0.5, 0.6) is 34.5 Å². The van der Waals surface area contributed by atoms with Crippen LogP contribution >= 0.6 is 0 Å². The molecular formula is C22H34O7. The SMILES string of the molecule is C.C.CCCC(=O)c1ccc(O)c(O)c1O.CCCCc1ccc(O)c(O)c1O. The summed E-state index contributed by atoms with van der Waals surface area (Å²) < 4.78 is 0. The highest BCUT2D eigenvalue weighted by Gasteiger charge is 2.16. The molecule has 7 nitrogen and oxygen atoms in total. The van der Waals surface area contributed by atoms with Crippen molar-refractivity contribution >= 4 is 5.78 Å². The molecule has 2 rings (SSSR count). The molecule has 0 saturated heterocycles. The number of phenols is 6. The number of phenolic OH excluding ortho intramolecular Hbond substituents is 6. The van der Waals surface area contributed by atoms with E-state index in [0.717, 1.165) is 19.3 Å². The number of aromatic hydroxyl groups is 6. The van der Waals surface area contributed by atoms with Crippen LogP contribution in [0.4, 0.5) is 0 Å². The molecule has 7 heteroatoms. The van der Waals surface area contributed by atoms with Crippen LogP contribution in [0, 0.1) is 0 Å². The molecule has 0 saturated carbocycles. The molecule has 0 amide bonds. The number of hydrogen-bond acceptors (Lipinski definition) is 7. The summed E-state index contributed by atoms with van der Waals surface area (Å²) in [4.78, 5) is 11.4. The van der Waals surface area contributed by atoms with Crippen molar-refractivity contribution in [1.82, 2.24) is 0 Å². The molecule has 0 aromatic heterocycles. The highest BCUT2D eigenvalue weighted by Crippen LogP contribution is 2.38. The van der Waals surface area contributed by atoms with Crippen LogP contribution in [-0.2, 0) is 6.42 Å². The molecule has 0 fully saturated rings. The van der Waals surface area contributed by atoms with Crippen LogP contribution in [0.25, 0.3) is 0 Å². The van der Waals surface area contributed by atoms with Gasteiger partial charge in [0.2, 0.25) is 11.5 Å². The minimum Gasteiger partial charge on any atom is -0.504 e. The number of Topliss-reactive ketones (excluding diaryl/α,β-unsaturated/α-hetero) is 1. The standard InChI is InChI=1S/C10H12O4.C10H14O3.2CH4/c1-2-3-7(11)6-4-5-8(12)10(14)9(6)13;1-2-3-4-7-5-6-8(11)10(13)9(7)12;;/h4-5,12-14H,2-3H2,1H3;5-6,11-13H,2-4H2,1H3;2*1H4. The first-order valence-corrected chi connectivity index (χ1v) is 8.74. The zero-order valence-electron chi connectivity index (χ0n) is 15.4. The van der Waals surface area contributed by atoms with Gasteiger partial charge in [0.1, 0.15) is 0 Å². The average Bonchev–Trinajstić information content (AvgIpc) is 2.64. The lowest BCUT2D eigenvalue weighted by Gasteiger charge is -2.06. The number of rotatable bonds is 6. The topological polar surface area (TPSA) is 138 Å². The maximum atomic E-state index is 11.4. The second-order valence-electron chi connectivity index (χ2n) is 6.05. The van der Waals surface area contributed by atoms with Crippen molar-refractivity contribution in [2.75, 3.05) is 0 Å². The van der Waals surface area contributed by atoms with Gasteiger partial charge in [0.05, 0.1) is 5.56 Å². The average molecular weight is 411 g/mol. The Morgan fingerprint density at radius 3 is 1.76 bits per heavy atom. The van der Waals surface area contributed by atoms with Gasteiger partial charge >= 0.3 is 0 Å². The van der Waals surface area contributed by atoms with Gasteiger partial charge in [-0.3, -0.25) is 4.79 Å². The maximum absolute atomic E-state index is 11.4. The molecule has 2 aromatic carbocycles. The van der Waals surface area contributed by atoms with Gasteiger partial charge in [-0.2, -0.15) is 0 Å². The minimum absolute atomic E-state index is 0. The van der Waals surface area contributed by atoms with Crippen molar-refractivity contribution in [1.29, 1.82) is 0 Å². The number of carbonyl (C=O) groups excluding carboxylic acids is 1. The first-order chi connectivity index (χ1) is 12.7. The van der Waals surface area contributed by atoms with Gasteiger partial charge in [-0.05, 0) is 43.0 Å². The van der Waals surface area contributed by atoms with Gasteiger partial charge in [-0.25, -0.2) is 0 Å². The second kappa shape index (κ2) is 13.1. The maximum Gasteiger partial charge on any atom is 0.201 e. The summed E-state index contributed by atoms with van der Waals surface area (Å²) in [6.07, 6.45) is 3.67. The first kappa shape index (κ1) is 28.1. The van der Waals surface area contributed by atoms with E-state index in [-0.39, 0.29) is 37.7 Å². The number of unbranched alkanes of at least 4 members (excludes halogenated alkanes) is 1. The molecule has 0 radical (unpaired) electrons. The van der Waals surface area contributed by atoms with E-state index in [1.165, 1.54) is 18.2 Å². The minimum atomic E-state index is -0.646. The van der Waals surface area contributed by atoms with Crippen LogP contribution in [0.15, 0.2) is 24.3 Å². The van der Waals surface area contributed by atoms with E-state index in [0.29, 0.717) is 18.4 Å². The lowest BCUT2D eigenvalue weighted by Crippen LogP contribution is -1.98. The molecule has 164 valence electrons. The Labute approximate surface area is 172 Å². The van der Waals surface area contributed by atoms with Gasteiger partial charge in [0.15, 0.2) is 28.8 Å². The molecular weight excluding hydrogens is 376 g/mol. The van der Waals surface area contributed by atoms with Crippen molar-refractivity contribution in [2.24, 2.45) is 0 Å². The molecule has 0 aliphatic heterocycles. The van der Waals surface area contributed by atoms with Crippen LogP contribution < -0.4 is 0 Å². The zero-order chi connectivity index (χ0) is 20.6. The summed E-state index contributed by atoms with van der Waals surface area (Å²) in [6.45, 7) is 3.90. The number of carbonyl (C=O) groups is 1. The third-order valence-electron chi connectivity index (χ3n) is 3.92. The second-order valence-corrected chi connectivity index (χ2v) is 6.05. The molecule has 0 aliphatic carbocycles. The van der Waals surface area contributed by atoms with E-state index in [1.807, 2.05) is 6.92 Å². The molecule has 0 aliphatic rings. The third-order valence-corrected chi connectivity index (χ3v) is 3.92. The summed E-state index contributed by atoms with van der Waals surface area (Å²) in [5.74, 6) is -2.79. The summed E-state index contributed by atoms with van der Waals surface area (Å²) in [7, 11) is 0. The highest BCUT2D eigenvalue weighted by molar-refractivity contribution is 5.99. The Morgan fingerprint density at radius 2 is 1.24 bits per heavy atom. The molecule has 2 aromatic rings. The summed E-state index contributed by atoms with van der Waals surface area (Å²) in [5.41, 5.74) is 0.722. The molecule has 0 unspecified atom stereocenters. The highest BCUT2D eigenvalue weighted by atomic mass is 16.3. The van der Waals surface area contributed by atoms with Crippen LogP contribution in [0.3, 0.4) is 0 Å². The Kier molecular flexibility index (Phi) is 12.8. The van der Waals surface area contributed by atoms with Gasteiger partial charge in [0, 0.05) is 6.42 Å². The fraction of sp³-hybridized carbons (Fsp3) is 0.409. The number of hydrogen-bond donors (Lipinski definition) is 6. The van der Waals surface area contributed by atoms with Crippen molar-refractivity contribution in [3.05, 3.63) is 35.4 Å². The largest absolute Gasteiger partial charge is 0.504 e. The van der Waals surface area contributed by atoms with Crippen LogP contribution in [0.2, 0.25) is 0 Å². The van der Waals surface area contributed by atoms with Crippen molar-refractivity contribution in [3.63, 3.8) is 0 Å². The Hall–Kier alpha value is -3.09. The molecule has 0 spiro atoms. The lowest BCUT2D eigenvalue weighted by molar-refractivity contribution is 0.0978. The van der Waals surface area contributed by atoms with Gasteiger partial charge < -0.3 is 30.6 Å². The fourth-order valence-electron chi connectivity index (χ4n) is 2.34. The number of aryl methyl sites for hydroxylation is 1. The Balaban J connectivity index is 0. The summed E-state index contributed by atoms with van der Waals surface area (Å²) >= 11 is 0.